The number of carbonyl (C=O) groups excluding carboxylic acids is 5. The molecule has 1 aliphatic heterocycles. The fraction of sp³-hybridized carbons (Fsp3) is 0.438. The highest BCUT2D eigenvalue weighted by molar-refractivity contribution is 6.05. The molecule has 6 N–H and O–H groups in total. The number of ether oxygens (including phenoxy) is 2. The average Bonchev–Trinajstić information content (AvgIpc) is 4.11. The number of imidazole rings is 2. The molecule has 0 bridgehead atoms. The van der Waals surface area contributed by atoms with Crippen LogP contribution >= 0.6 is 0 Å². The van der Waals surface area contributed by atoms with Crippen molar-refractivity contribution in [2.75, 3.05) is 63.6 Å². The number of aryl methyl sites for hydroxylation is 4. The van der Waals surface area contributed by atoms with Crippen molar-refractivity contribution in [3.63, 3.8) is 0 Å². The van der Waals surface area contributed by atoms with Gasteiger partial charge in [0.2, 0.25) is 23.7 Å². The number of allylic oxidation sites excluding steroid dienone is 2. The van der Waals surface area contributed by atoms with Gasteiger partial charge in [-0.1, -0.05) is 18.6 Å². The summed E-state index contributed by atoms with van der Waals surface area (Å²) >= 11 is 0. The number of benzene rings is 2. The zero-order valence-corrected chi connectivity index (χ0v) is 40.0. The molecule has 366 valence electrons. The van der Waals surface area contributed by atoms with Crippen LogP contribution in [0.4, 0.5) is 11.9 Å². The van der Waals surface area contributed by atoms with Gasteiger partial charge in [0.05, 0.1) is 36.1 Å². The van der Waals surface area contributed by atoms with E-state index in [1.807, 2.05) is 32.9 Å². The second kappa shape index (κ2) is 22.6. The molecule has 0 atom stereocenters. The number of carbonyl (C=O) groups is 5. The zero-order chi connectivity index (χ0) is 49.2. The molecule has 4 amide bonds. The first-order valence-corrected chi connectivity index (χ1v) is 23.4. The Morgan fingerprint density at radius 1 is 0.667 bits per heavy atom. The Morgan fingerprint density at radius 2 is 1.14 bits per heavy atom. The molecule has 2 aromatic carbocycles. The summed E-state index contributed by atoms with van der Waals surface area (Å²) in [5, 5.41) is 14.8. The number of primary amides is 2. The topological polar surface area (TPSA) is 258 Å². The molecule has 21 heteroatoms. The maximum Gasteiger partial charge on any atom is 0.276 e. The predicted molar refractivity (Wildman–Crippen MR) is 261 cm³/mol. The second-order valence-electron chi connectivity index (χ2n) is 17.0. The van der Waals surface area contributed by atoms with E-state index in [1.54, 1.807) is 55.8 Å². The summed E-state index contributed by atoms with van der Waals surface area (Å²) in [5.41, 5.74) is 15.7. The maximum atomic E-state index is 13.9. The number of amides is 4. The Kier molecular flexibility index (Phi) is 16.2. The molecule has 1 fully saturated rings. The Bertz CT molecular complexity index is 2860. The number of aromatic nitrogens is 8. The number of hydrogen-bond donors (Lipinski definition) is 4. The van der Waals surface area contributed by atoms with Crippen molar-refractivity contribution in [2.45, 2.75) is 86.0 Å². The minimum atomic E-state index is -0.668. The van der Waals surface area contributed by atoms with Crippen LogP contribution in [0.2, 0.25) is 0 Å². The molecule has 1 aliphatic rings. The van der Waals surface area contributed by atoms with Gasteiger partial charge in [-0.15, -0.1) is 0 Å². The van der Waals surface area contributed by atoms with Gasteiger partial charge in [-0.3, -0.25) is 39.2 Å². The van der Waals surface area contributed by atoms with Crippen molar-refractivity contribution >= 4 is 63.9 Å². The number of nitrogens with two attached hydrogens (primary N) is 2. The first kappa shape index (κ1) is 49.5. The number of methoxy groups -OCH3 is 1. The largest absolute Gasteiger partial charge is 0.494 e. The van der Waals surface area contributed by atoms with E-state index in [0.29, 0.717) is 88.9 Å². The lowest BCUT2D eigenvalue weighted by Crippen LogP contribution is -2.46. The molecule has 0 saturated carbocycles. The number of hydrogen-bond acceptors (Lipinski definition) is 13. The predicted octanol–water partition coefficient (Wildman–Crippen LogP) is 4.55. The number of aldehydes is 1. The van der Waals surface area contributed by atoms with Crippen LogP contribution < -0.4 is 31.6 Å². The number of fused-ring (bicyclic) bond motifs is 2. The molecule has 0 spiro atoms. The average molecular weight is 947 g/mol. The van der Waals surface area contributed by atoms with Crippen molar-refractivity contribution in [3.8, 4) is 11.5 Å². The Labute approximate surface area is 399 Å². The molecule has 7 rings (SSSR count). The van der Waals surface area contributed by atoms with Crippen molar-refractivity contribution in [1.82, 2.24) is 48.5 Å². The first-order chi connectivity index (χ1) is 33.3. The van der Waals surface area contributed by atoms with Crippen LogP contribution in [0.25, 0.3) is 22.1 Å². The Balaban J connectivity index is 1.17. The van der Waals surface area contributed by atoms with E-state index in [-0.39, 0.29) is 36.1 Å². The first-order valence-electron chi connectivity index (χ1n) is 23.4. The molecule has 69 heavy (non-hydrogen) atoms. The van der Waals surface area contributed by atoms with E-state index in [0.717, 1.165) is 64.8 Å². The maximum absolute atomic E-state index is 13.9. The van der Waals surface area contributed by atoms with E-state index < -0.39 is 23.6 Å². The fourth-order valence-corrected chi connectivity index (χ4v) is 8.63. The van der Waals surface area contributed by atoms with Crippen LogP contribution in [-0.2, 0) is 31.0 Å². The summed E-state index contributed by atoms with van der Waals surface area (Å²) in [6.45, 7) is 14.7. The Hall–Kier alpha value is -7.39. The van der Waals surface area contributed by atoms with E-state index in [4.69, 9.17) is 30.9 Å². The minimum Gasteiger partial charge on any atom is -0.494 e. The van der Waals surface area contributed by atoms with E-state index >= 15 is 0 Å². The van der Waals surface area contributed by atoms with Crippen LogP contribution in [0.15, 0.2) is 48.6 Å². The van der Waals surface area contributed by atoms with Crippen molar-refractivity contribution < 1.29 is 33.4 Å². The van der Waals surface area contributed by atoms with Gasteiger partial charge in [-0.05, 0) is 89.9 Å². The summed E-state index contributed by atoms with van der Waals surface area (Å²) in [6.07, 6.45) is 9.14. The normalized spacial score (nSPS) is 13.4. The van der Waals surface area contributed by atoms with E-state index in [1.165, 1.54) is 13.2 Å². The van der Waals surface area contributed by atoms with Gasteiger partial charge in [-0.2, -0.15) is 10.2 Å². The molecule has 0 unspecified atom stereocenters. The quantitative estimate of drug-likeness (QED) is 0.0370. The molecule has 21 nitrogen and oxygen atoms in total. The fourth-order valence-electron chi connectivity index (χ4n) is 8.63. The summed E-state index contributed by atoms with van der Waals surface area (Å²) in [6, 6.07) is 9.64. The summed E-state index contributed by atoms with van der Waals surface area (Å²) < 4.78 is 19.0. The van der Waals surface area contributed by atoms with E-state index in [9.17, 15) is 24.0 Å². The lowest BCUT2D eigenvalue weighted by Gasteiger charge is -2.34. The molecule has 0 aliphatic carbocycles. The van der Waals surface area contributed by atoms with Gasteiger partial charge in [-0.25, -0.2) is 9.97 Å². The number of anilines is 2. The lowest BCUT2D eigenvalue weighted by molar-refractivity contribution is -0.107. The minimum absolute atomic E-state index is 0.165. The molecular formula is C48H62N14O7. The van der Waals surface area contributed by atoms with Crippen LogP contribution in [0, 0.1) is 13.8 Å². The summed E-state index contributed by atoms with van der Waals surface area (Å²) in [4.78, 5) is 77.7. The number of rotatable bonds is 24. The van der Waals surface area contributed by atoms with Crippen molar-refractivity contribution in [3.05, 3.63) is 82.5 Å². The third-order valence-electron chi connectivity index (χ3n) is 12.1. The van der Waals surface area contributed by atoms with Gasteiger partial charge in [0.1, 0.15) is 40.2 Å². The number of nitrogens with one attached hydrogen (secondary N) is 2. The smallest absolute Gasteiger partial charge is 0.276 e. The van der Waals surface area contributed by atoms with Crippen LogP contribution in [0.1, 0.15) is 99.0 Å². The van der Waals surface area contributed by atoms with E-state index in [2.05, 4.69) is 30.6 Å². The van der Waals surface area contributed by atoms with Crippen molar-refractivity contribution in [2.24, 2.45) is 11.5 Å². The van der Waals surface area contributed by atoms with Crippen LogP contribution in [-0.4, -0.2) is 131 Å². The molecule has 1 saturated heterocycles. The highest BCUT2D eigenvalue weighted by atomic mass is 16.5. The Morgan fingerprint density at radius 3 is 1.61 bits per heavy atom. The number of piperazine rings is 1. The van der Waals surface area contributed by atoms with Gasteiger partial charge in [0.15, 0.2) is 0 Å². The number of unbranched alkanes of at least 4 members (excludes halogenated alkanes) is 3. The molecule has 0 radical (unpaired) electrons. The van der Waals surface area contributed by atoms with Crippen molar-refractivity contribution in [1.29, 1.82) is 0 Å². The SMILES string of the molecule is CCn1nc(C)cc1C(=O)Nc1nc2cc(C(N)=O)cc(OC)c2n1C/C=C/Cn1c(NC(=O)c2cc(C)nn2CC)nc2cc(C(N)=O)cc(OCCCN3CCN(CCCCCC=O)CC3)c21. The number of nitrogens with zero attached hydrogens (tertiary/aromatic N) is 10. The third-order valence-corrected chi connectivity index (χ3v) is 12.1. The standard InChI is InChI=1S/C48H62N14O7/c1-6-61-37(25-31(3)55-61)45(66)53-47-51-35-27-33(43(49)64)29-39(68-5)41(35)59(47)17-11-12-18-60-42-36(52-48(60)54-46(67)38-26-32(4)56-62(38)7-2)28-34(44(50)65)30-40(42)69-24-14-16-58-21-19-57(20-22-58)15-10-8-9-13-23-63/h11-12,23,25-30H,6-10,13-22,24H2,1-5H3,(H2,49,64)(H2,50,65)(H,51,53,66)(H,52,54,67)/b12-11+. The molecule has 6 aromatic rings. The van der Waals surface area contributed by atoms with Gasteiger partial charge in [0, 0.05) is 76.5 Å². The van der Waals surface area contributed by atoms with Gasteiger partial charge >= 0.3 is 0 Å². The van der Waals surface area contributed by atoms with Gasteiger partial charge < -0.3 is 44.7 Å². The van der Waals surface area contributed by atoms with Gasteiger partial charge in [0.25, 0.3) is 11.8 Å². The third kappa shape index (κ3) is 11.7. The second-order valence-corrected chi connectivity index (χ2v) is 17.0. The van der Waals surface area contributed by atoms with Crippen LogP contribution in [0.5, 0.6) is 11.5 Å². The summed E-state index contributed by atoms with van der Waals surface area (Å²) in [5.74, 6) is -1.12. The highest BCUT2D eigenvalue weighted by Crippen LogP contribution is 2.33. The monoisotopic (exact) mass is 946 g/mol. The highest BCUT2D eigenvalue weighted by Gasteiger charge is 2.24. The van der Waals surface area contributed by atoms with Crippen LogP contribution in [0.3, 0.4) is 0 Å². The molecule has 4 aromatic heterocycles. The molecule has 5 heterocycles. The molecular weight excluding hydrogens is 885 g/mol. The zero-order valence-electron chi connectivity index (χ0n) is 40.0. The summed E-state index contributed by atoms with van der Waals surface area (Å²) in [7, 11) is 1.47. The lowest BCUT2D eigenvalue weighted by atomic mass is 10.1.